The molecule has 4 heteroatoms. The van der Waals surface area contributed by atoms with Crippen molar-refractivity contribution in [3.05, 3.63) is 34.9 Å². The Morgan fingerprint density at radius 2 is 2.00 bits per heavy atom. The van der Waals surface area contributed by atoms with Crippen molar-refractivity contribution in [3.8, 4) is 0 Å². The number of carbonyl (C=O) groups excluding carboxylic acids is 1. The van der Waals surface area contributed by atoms with Crippen LogP contribution >= 0.6 is 24.2 Å². The molecule has 0 saturated heterocycles. The molecule has 1 aromatic rings. The van der Waals surface area contributed by atoms with Gasteiger partial charge in [-0.15, -0.1) is 0 Å². The summed E-state index contributed by atoms with van der Waals surface area (Å²) < 4.78 is 4.86. The minimum atomic E-state index is -0.321. The molecule has 13 heavy (non-hydrogen) atoms. The van der Waals surface area contributed by atoms with Crippen LogP contribution < -0.4 is 0 Å². The van der Waals surface area contributed by atoms with Crippen LogP contribution in [0.4, 0.5) is 0 Å². The first kappa shape index (κ1) is 10.4. The molecule has 0 aliphatic carbocycles. The molecule has 0 radical (unpaired) electrons. The zero-order valence-electron chi connectivity index (χ0n) is 6.87. The lowest BCUT2D eigenvalue weighted by Crippen LogP contribution is -2.05. The van der Waals surface area contributed by atoms with Gasteiger partial charge in [0.2, 0.25) is 0 Å². The van der Waals surface area contributed by atoms with E-state index in [1.165, 1.54) is 0 Å². The van der Waals surface area contributed by atoms with Crippen molar-refractivity contribution < 1.29 is 9.53 Å². The summed E-state index contributed by atoms with van der Waals surface area (Å²) in [5.74, 6) is -0.216. The highest BCUT2D eigenvalue weighted by Gasteiger charge is 1.99. The molecule has 2 nitrogen and oxygen atoms in total. The van der Waals surface area contributed by atoms with Crippen molar-refractivity contribution in [2.24, 2.45) is 0 Å². The third-order valence-corrected chi connectivity index (χ3v) is 1.95. The van der Waals surface area contributed by atoms with E-state index in [0.717, 1.165) is 5.56 Å². The Morgan fingerprint density at radius 1 is 1.38 bits per heavy atom. The van der Waals surface area contributed by atoms with Gasteiger partial charge in [-0.2, -0.15) is 12.6 Å². The molecular weight excluding hydrogens is 208 g/mol. The zero-order chi connectivity index (χ0) is 9.68. The molecule has 1 rings (SSSR count). The van der Waals surface area contributed by atoms with Crippen LogP contribution in [0.3, 0.4) is 0 Å². The second-order valence-corrected chi connectivity index (χ2v) is 3.20. The minimum absolute atomic E-state index is 0.105. The Morgan fingerprint density at radius 3 is 2.54 bits per heavy atom. The highest BCUT2D eigenvalue weighted by molar-refractivity contribution is 7.81. The van der Waals surface area contributed by atoms with Gasteiger partial charge in [0.1, 0.15) is 6.61 Å². The van der Waals surface area contributed by atoms with Crippen molar-refractivity contribution in [1.29, 1.82) is 0 Å². The maximum absolute atomic E-state index is 10.7. The Bertz CT molecular complexity index is 284. The van der Waals surface area contributed by atoms with E-state index in [-0.39, 0.29) is 18.3 Å². The van der Waals surface area contributed by atoms with Crippen molar-refractivity contribution in [2.75, 3.05) is 5.75 Å². The molecule has 0 N–H and O–H groups in total. The summed E-state index contributed by atoms with van der Waals surface area (Å²) in [5.41, 5.74) is 0.916. The first-order valence-electron chi connectivity index (χ1n) is 3.73. The number of carbonyl (C=O) groups is 1. The first-order valence-corrected chi connectivity index (χ1v) is 4.74. The van der Waals surface area contributed by atoms with Gasteiger partial charge in [0.15, 0.2) is 0 Å². The lowest BCUT2D eigenvalue weighted by molar-refractivity contribution is -0.141. The molecule has 0 atom stereocenters. The van der Waals surface area contributed by atoms with Crippen molar-refractivity contribution in [3.63, 3.8) is 0 Å². The summed E-state index contributed by atoms with van der Waals surface area (Å²) in [6.45, 7) is 0.274. The average Bonchev–Trinajstić information content (AvgIpc) is 2.16. The van der Waals surface area contributed by atoms with Gasteiger partial charge in [-0.25, -0.2) is 0 Å². The van der Waals surface area contributed by atoms with E-state index >= 15 is 0 Å². The molecular formula is C9H9ClO2S. The van der Waals surface area contributed by atoms with Crippen LogP contribution in [0.2, 0.25) is 5.02 Å². The highest BCUT2D eigenvalue weighted by atomic mass is 35.5. The van der Waals surface area contributed by atoms with Crippen LogP contribution in [0.25, 0.3) is 0 Å². The summed E-state index contributed by atoms with van der Waals surface area (Å²) in [7, 11) is 0. The molecule has 0 amide bonds. The Balaban J connectivity index is 2.46. The van der Waals surface area contributed by atoms with Gasteiger partial charge in [0.25, 0.3) is 0 Å². The number of thiol groups is 1. The van der Waals surface area contributed by atoms with Gasteiger partial charge in [0, 0.05) is 5.02 Å². The van der Waals surface area contributed by atoms with E-state index in [0.29, 0.717) is 5.02 Å². The van der Waals surface area contributed by atoms with E-state index in [9.17, 15) is 4.79 Å². The van der Waals surface area contributed by atoms with Gasteiger partial charge >= 0.3 is 5.97 Å². The van der Waals surface area contributed by atoms with Crippen LogP contribution in [0, 0.1) is 0 Å². The van der Waals surface area contributed by atoms with Crippen LogP contribution in [0.1, 0.15) is 5.56 Å². The molecule has 0 aromatic heterocycles. The standard InChI is InChI=1S/C9H9ClO2S/c10-8-3-1-7(2-4-8)5-12-9(11)6-13/h1-4,13H,5-6H2. The highest BCUT2D eigenvalue weighted by Crippen LogP contribution is 2.10. The predicted octanol–water partition coefficient (Wildman–Crippen LogP) is 2.31. The molecule has 0 aliphatic heterocycles. The van der Waals surface area contributed by atoms with Crippen molar-refractivity contribution in [1.82, 2.24) is 0 Å². The second kappa shape index (κ2) is 5.14. The fourth-order valence-corrected chi connectivity index (χ4v) is 1.01. The number of ether oxygens (including phenoxy) is 1. The van der Waals surface area contributed by atoms with E-state index in [2.05, 4.69) is 12.6 Å². The summed E-state index contributed by atoms with van der Waals surface area (Å²) in [5, 5.41) is 0.671. The van der Waals surface area contributed by atoms with Gasteiger partial charge in [0.05, 0.1) is 5.75 Å². The number of rotatable bonds is 3. The molecule has 0 fully saturated rings. The molecule has 0 heterocycles. The summed E-state index contributed by atoms with van der Waals surface area (Å²) in [6.07, 6.45) is 0. The van der Waals surface area contributed by atoms with Gasteiger partial charge in [-0.05, 0) is 17.7 Å². The van der Waals surface area contributed by atoms with Gasteiger partial charge < -0.3 is 4.74 Å². The number of hydrogen-bond donors (Lipinski definition) is 1. The smallest absolute Gasteiger partial charge is 0.315 e. The lowest BCUT2D eigenvalue weighted by atomic mass is 10.2. The monoisotopic (exact) mass is 216 g/mol. The van der Waals surface area contributed by atoms with E-state index < -0.39 is 0 Å². The first-order chi connectivity index (χ1) is 6.22. The number of halogens is 1. The minimum Gasteiger partial charge on any atom is -0.460 e. The fraction of sp³-hybridized carbons (Fsp3) is 0.222. The van der Waals surface area contributed by atoms with E-state index in [4.69, 9.17) is 16.3 Å². The maximum atomic E-state index is 10.7. The van der Waals surface area contributed by atoms with Crippen LogP contribution in [0.15, 0.2) is 24.3 Å². The Hall–Kier alpha value is -0.670. The van der Waals surface area contributed by atoms with Crippen molar-refractivity contribution >= 4 is 30.2 Å². The molecule has 1 aromatic carbocycles. The summed E-state index contributed by atoms with van der Waals surface area (Å²) in [4.78, 5) is 10.7. The quantitative estimate of drug-likeness (QED) is 0.620. The average molecular weight is 217 g/mol. The Kier molecular flexibility index (Phi) is 4.12. The van der Waals surface area contributed by atoms with Gasteiger partial charge in [-0.1, -0.05) is 23.7 Å². The summed E-state index contributed by atoms with van der Waals surface area (Å²) >= 11 is 9.46. The Labute approximate surface area is 87.3 Å². The molecule has 0 aliphatic rings. The van der Waals surface area contributed by atoms with E-state index in [1.54, 1.807) is 12.1 Å². The lowest BCUT2D eigenvalue weighted by Gasteiger charge is -2.02. The number of benzene rings is 1. The van der Waals surface area contributed by atoms with Crippen LogP contribution in [0.5, 0.6) is 0 Å². The molecule has 0 unspecified atom stereocenters. The fourth-order valence-electron chi connectivity index (χ4n) is 0.790. The SMILES string of the molecule is O=C(CS)OCc1ccc(Cl)cc1. The van der Waals surface area contributed by atoms with Crippen LogP contribution in [-0.4, -0.2) is 11.7 Å². The normalized spacial score (nSPS) is 9.69. The zero-order valence-corrected chi connectivity index (χ0v) is 8.52. The van der Waals surface area contributed by atoms with E-state index in [1.807, 2.05) is 12.1 Å². The van der Waals surface area contributed by atoms with Crippen LogP contribution in [-0.2, 0) is 16.1 Å². The van der Waals surface area contributed by atoms with Gasteiger partial charge in [-0.3, -0.25) is 4.79 Å². The molecule has 70 valence electrons. The third-order valence-electron chi connectivity index (χ3n) is 1.44. The summed E-state index contributed by atoms with van der Waals surface area (Å²) in [6, 6.07) is 7.14. The largest absolute Gasteiger partial charge is 0.460 e. The number of hydrogen-bond acceptors (Lipinski definition) is 3. The molecule has 0 saturated carbocycles. The number of esters is 1. The topological polar surface area (TPSA) is 26.3 Å². The second-order valence-electron chi connectivity index (χ2n) is 2.45. The molecule has 0 bridgehead atoms. The van der Waals surface area contributed by atoms with Crippen molar-refractivity contribution in [2.45, 2.75) is 6.61 Å². The predicted molar refractivity (Wildman–Crippen MR) is 55.1 cm³/mol. The molecule has 0 spiro atoms. The maximum Gasteiger partial charge on any atom is 0.315 e. The third kappa shape index (κ3) is 3.70.